The van der Waals surface area contributed by atoms with Crippen LogP contribution in [0.25, 0.3) is 0 Å². The molecule has 0 N–H and O–H groups in total. The second kappa shape index (κ2) is 9.61. The van der Waals surface area contributed by atoms with Gasteiger partial charge in [-0.25, -0.2) is 24.1 Å². The standard InChI is InChI=1S/C13H17.C5H5.Fe/c1-10(2)8-12-6-5-7-13(12)9-11(3)4;1-2-4-5-3-1;/h5-9H,1-4H3;1-5H;/q2*-1;+2. The molecule has 19 heavy (non-hydrogen) atoms. The van der Waals surface area contributed by atoms with Crippen LogP contribution in [0.4, 0.5) is 0 Å². The molecular formula is C18H22Fe. The van der Waals surface area contributed by atoms with Gasteiger partial charge in [-0.15, -0.1) is 25.5 Å². The fourth-order valence-electron chi connectivity index (χ4n) is 1.65. The van der Waals surface area contributed by atoms with Crippen LogP contribution in [0, 0.1) is 5.92 Å². The third kappa shape index (κ3) is 7.66. The van der Waals surface area contributed by atoms with E-state index in [0.29, 0.717) is 0 Å². The summed E-state index contributed by atoms with van der Waals surface area (Å²) in [5, 5.41) is 0. The van der Waals surface area contributed by atoms with Crippen molar-refractivity contribution in [3.8, 4) is 0 Å². The molecule has 1 aliphatic carbocycles. The normalized spacial score (nSPS) is 14.1. The van der Waals surface area contributed by atoms with Crippen LogP contribution in [0.3, 0.4) is 0 Å². The minimum atomic E-state index is 0. The third-order valence-corrected chi connectivity index (χ3v) is 2.33. The molecule has 1 aromatic carbocycles. The van der Waals surface area contributed by atoms with E-state index >= 15 is 0 Å². The van der Waals surface area contributed by atoms with Crippen molar-refractivity contribution in [1.29, 1.82) is 0 Å². The van der Waals surface area contributed by atoms with E-state index in [0.717, 1.165) is 0 Å². The van der Waals surface area contributed by atoms with Crippen molar-refractivity contribution in [3.05, 3.63) is 83.3 Å². The Balaban J connectivity index is 0.000000454. The van der Waals surface area contributed by atoms with Gasteiger partial charge in [-0.2, -0.15) is 23.8 Å². The van der Waals surface area contributed by atoms with Gasteiger partial charge < -0.3 is 0 Å². The molecule has 0 radical (unpaired) electrons. The molecule has 0 atom stereocenters. The molecule has 0 saturated heterocycles. The van der Waals surface area contributed by atoms with E-state index in [4.69, 9.17) is 0 Å². The van der Waals surface area contributed by atoms with Gasteiger partial charge in [0.25, 0.3) is 0 Å². The molecule has 0 aromatic heterocycles. The van der Waals surface area contributed by atoms with Gasteiger partial charge in [0, 0.05) is 0 Å². The van der Waals surface area contributed by atoms with Crippen molar-refractivity contribution in [3.63, 3.8) is 0 Å². The molecule has 0 amide bonds. The van der Waals surface area contributed by atoms with E-state index < -0.39 is 0 Å². The summed E-state index contributed by atoms with van der Waals surface area (Å²) in [6.07, 6.45) is 10.8. The predicted octanol–water partition coefficient (Wildman–Crippen LogP) is 5.39. The quantitative estimate of drug-likeness (QED) is 0.506. The number of hydrogen-bond acceptors (Lipinski definition) is 0. The van der Waals surface area contributed by atoms with Crippen LogP contribution in [-0.2, 0) is 17.1 Å². The van der Waals surface area contributed by atoms with Gasteiger partial charge in [-0.1, -0.05) is 23.8 Å². The molecule has 102 valence electrons. The van der Waals surface area contributed by atoms with E-state index in [2.05, 4.69) is 58.1 Å². The van der Waals surface area contributed by atoms with Crippen LogP contribution >= 0.6 is 0 Å². The molecular weight excluding hydrogens is 272 g/mol. The summed E-state index contributed by atoms with van der Waals surface area (Å²) in [4.78, 5) is 0. The van der Waals surface area contributed by atoms with Gasteiger partial charge in [-0.05, 0) is 13.8 Å². The molecule has 1 aliphatic rings. The van der Waals surface area contributed by atoms with Gasteiger partial charge in [0.05, 0.1) is 0 Å². The van der Waals surface area contributed by atoms with Crippen molar-refractivity contribution in [2.75, 3.05) is 0 Å². The van der Waals surface area contributed by atoms with Gasteiger partial charge in [0.2, 0.25) is 0 Å². The zero-order valence-electron chi connectivity index (χ0n) is 12.1. The Hall–Kier alpha value is -1.30. The fraction of sp³-hybridized carbons (Fsp3) is 0.222. The minimum absolute atomic E-state index is 0. The summed E-state index contributed by atoms with van der Waals surface area (Å²) in [6.45, 7) is 8.50. The van der Waals surface area contributed by atoms with Crippen LogP contribution < -0.4 is 0 Å². The Morgan fingerprint density at radius 1 is 1.16 bits per heavy atom. The molecule has 1 aromatic rings. The summed E-state index contributed by atoms with van der Waals surface area (Å²) in [5.41, 5.74) is 3.98. The molecule has 1 heteroatoms. The Morgan fingerprint density at radius 2 is 1.79 bits per heavy atom. The van der Waals surface area contributed by atoms with Crippen molar-refractivity contribution in [2.24, 2.45) is 0 Å². The second-order valence-corrected chi connectivity index (χ2v) is 4.84. The number of rotatable bonds is 2. The Morgan fingerprint density at radius 3 is 2.21 bits per heavy atom. The second-order valence-electron chi connectivity index (χ2n) is 4.84. The van der Waals surface area contributed by atoms with Gasteiger partial charge in [0.15, 0.2) is 0 Å². The fourth-order valence-corrected chi connectivity index (χ4v) is 1.65. The average molecular weight is 294 g/mol. The summed E-state index contributed by atoms with van der Waals surface area (Å²) >= 11 is 0. The first-order valence-corrected chi connectivity index (χ1v) is 6.32. The van der Waals surface area contributed by atoms with E-state index in [1.54, 1.807) is 0 Å². The maximum absolute atomic E-state index is 2.22. The monoisotopic (exact) mass is 294 g/mol. The Labute approximate surface area is 128 Å². The summed E-state index contributed by atoms with van der Waals surface area (Å²) in [7, 11) is 0. The van der Waals surface area contributed by atoms with E-state index in [1.807, 2.05) is 30.3 Å². The van der Waals surface area contributed by atoms with Gasteiger partial charge in [-0.3, -0.25) is 0 Å². The largest absolute Gasteiger partial charge is 2.00 e. The van der Waals surface area contributed by atoms with Crippen molar-refractivity contribution in [1.82, 2.24) is 0 Å². The van der Waals surface area contributed by atoms with Crippen LogP contribution in [0.5, 0.6) is 0 Å². The van der Waals surface area contributed by atoms with Crippen LogP contribution in [-0.4, -0.2) is 0 Å². The molecule has 0 unspecified atom stereocenters. The average Bonchev–Trinajstić information content (AvgIpc) is 2.92. The zero-order chi connectivity index (χ0) is 13.4. The molecule has 0 spiro atoms. The molecule has 0 saturated carbocycles. The first kappa shape index (κ1) is 17.7. The minimum Gasteiger partial charge on any atom is -0.221 e. The first-order chi connectivity index (χ1) is 8.59. The van der Waals surface area contributed by atoms with Crippen molar-refractivity contribution < 1.29 is 17.1 Å². The first-order valence-electron chi connectivity index (χ1n) is 6.32. The van der Waals surface area contributed by atoms with E-state index in [9.17, 15) is 0 Å². The number of hydrogen-bond donors (Lipinski definition) is 0. The summed E-state index contributed by atoms with van der Waals surface area (Å²) < 4.78 is 0. The molecule has 0 heterocycles. The van der Waals surface area contributed by atoms with E-state index in [1.165, 1.54) is 22.6 Å². The van der Waals surface area contributed by atoms with Crippen LogP contribution in [0.1, 0.15) is 27.7 Å². The molecule has 0 bridgehead atoms. The van der Waals surface area contributed by atoms with Gasteiger partial charge >= 0.3 is 17.1 Å². The molecule has 0 fully saturated rings. The maximum Gasteiger partial charge on any atom is 2.00 e. The molecule has 0 nitrogen and oxygen atoms in total. The summed E-state index contributed by atoms with van der Waals surface area (Å²) in [6, 6.07) is 10.0. The topological polar surface area (TPSA) is 0 Å². The van der Waals surface area contributed by atoms with Crippen LogP contribution in [0.15, 0.2) is 77.4 Å². The van der Waals surface area contributed by atoms with E-state index in [-0.39, 0.29) is 17.1 Å². The smallest absolute Gasteiger partial charge is 0.221 e. The zero-order valence-corrected chi connectivity index (χ0v) is 13.2. The van der Waals surface area contributed by atoms with Crippen LogP contribution in [0.2, 0.25) is 0 Å². The Bertz CT molecular complexity index is 433. The Kier molecular flexibility index (Phi) is 8.95. The third-order valence-electron chi connectivity index (χ3n) is 2.33. The van der Waals surface area contributed by atoms with Crippen molar-refractivity contribution in [2.45, 2.75) is 27.7 Å². The number of allylic oxidation sites excluding steroid dienone is 8. The van der Waals surface area contributed by atoms with Crippen molar-refractivity contribution >= 4 is 0 Å². The van der Waals surface area contributed by atoms with Gasteiger partial charge in [0.1, 0.15) is 0 Å². The molecule has 0 aliphatic heterocycles. The SMILES string of the molecule is CC(C)=CC1=CC=CC1=C[C-](C)C.[Fe+2].c1cc[cH-]c1. The maximum atomic E-state index is 2.22. The predicted molar refractivity (Wildman–Crippen MR) is 81.4 cm³/mol. The molecule has 2 rings (SSSR count). The summed E-state index contributed by atoms with van der Waals surface area (Å²) in [5.74, 6) is 1.34.